The van der Waals surface area contributed by atoms with Crippen LogP contribution < -0.4 is 4.90 Å². The van der Waals surface area contributed by atoms with Crippen LogP contribution in [0.15, 0.2) is 199 Å². The molecule has 0 radical (unpaired) electrons. The molecule has 0 bridgehead atoms. The molecule has 0 amide bonds. The highest BCUT2D eigenvalue weighted by Crippen LogP contribution is 2.65. The van der Waals surface area contributed by atoms with Gasteiger partial charge in [-0.3, -0.25) is 0 Å². The molecule has 2 heteroatoms. The Bertz CT molecular complexity index is 3280. The maximum Gasteiger partial charge on any atom is 0.0682 e. The summed E-state index contributed by atoms with van der Waals surface area (Å²) in [6.45, 7) is 2.38. The van der Waals surface area contributed by atoms with E-state index in [2.05, 4.69) is 211 Å². The molecule has 5 aliphatic rings. The molecular formula is C62H50N2. The van der Waals surface area contributed by atoms with Crippen LogP contribution in [0.1, 0.15) is 79.0 Å². The Labute approximate surface area is 376 Å². The highest BCUT2D eigenvalue weighted by molar-refractivity contribution is 5.98. The van der Waals surface area contributed by atoms with Gasteiger partial charge in [0.05, 0.1) is 10.9 Å². The third-order valence-corrected chi connectivity index (χ3v) is 15.1. The van der Waals surface area contributed by atoms with E-state index in [4.69, 9.17) is 0 Å². The van der Waals surface area contributed by atoms with Crippen molar-refractivity contribution in [3.05, 3.63) is 233 Å². The van der Waals surface area contributed by atoms with Crippen LogP contribution in [-0.4, -0.2) is 4.57 Å². The molecule has 0 aliphatic heterocycles. The molecule has 8 aromatic rings. The maximum absolute atomic E-state index is 2.58. The van der Waals surface area contributed by atoms with Crippen LogP contribution in [0.2, 0.25) is 0 Å². The van der Waals surface area contributed by atoms with Crippen molar-refractivity contribution in [1.29, 1.82) is 0 Å². The molecule has 0 fully saturated rings. The number of para-hydroxylation sites is 1. The second kappa shape index (κ2) is 14.7. The van der Waals surface area contributed by atoms with Crippen molar-refractivity contribution in [1.82, 2.24) is 4.57 Å². The molecular weight excluding hydrogens is 773 g/mol. The van der Waals surface area contributed by atoms with Crippen LogP contribution in [0.25, 0.3) is 56.1 Å². The number of aryl methyl sites for hydroxylation is 1. The lowest BCUT2D eigenvalue weighted by Gasteiger charge is -2.36. The van der Waals surface area contributed by atoms with Crippen molar-refractivity contribution in [2.45, 2.75) is 57.3 Å². The molecule has 0 saturated heterocycles. The van der Waals surface area contributed by atoms with E-state index in [9.17, 15) is 0 Å². The summed E-state index contributed by atoms with van der Waals surface area (Å²) in [7, 11) is 0. The minimum absolute atomic E-state index is 0.247. The first kappa shape index (κ1) is 37.4. The molecule has 5 aliphatic carbocycles. The Hall–Kier alpha value is -7.16. The van der Waals surface area contributed by atoms with Crippen molar-refractivity contribution in [3.8, 4) is 27.9 Å². The van der Waals surface area contributed by atoms with E-state index in [1.165, 1.54) is 103 Å². The number of hydrogen-bond donors (Lipinski definition) is 0. The van der Waals surface area contributed by atoms with Crippen molar-refractivity contribution < 1.29 is 0 Å². The first-order valence-corrected chi connectivity index (χ1v) is 23.5. The molecule has 2 nitrogen and oxygen atoms in total. The molecule has 0 N–H and O–H groups in total. The van der Waals surface area contributed by atoms with Crippen molar-refractivity contribution in [2.24, 2.45) is 5.92 Å². The second-order valence-electron chi connectivity index (χ2n) is 18.6. The number of benzene rings is 7. The van der Waals surface area contributed by atoms with Crippen LogP contribution in [0, 0.1) is 5.92 Å². The molecule has 7 aromatic carbocycles. The average molecular weight is 823 g/mol. The van der Waals surface area contributed by atoms with Crippen LogP contribution in [0.3, 0.4) is 0 Å². The molecule has 1 heterocycles. The lowest BCUT2D eigenvalue weighted by atomic mass is 9.66. The number of allylic oxidation sites excluding steroid dienone is 7. The standard InChI is InChI=1S/C62H50N2/c1-41-24-36-58-54(38-41)52-35-34-49(40-59(52)62(58)56-21-11-8-18-50(56)51-19-9-12-22-57(51)62)63(47-30-25-43(26-31-47)42-14-4-2-5-15-42)48-32-27-44(28-33-48)45-29-37-61-55(39-45)53-20-10-13-23-60(53)64(61)46-16-6-3-7-17-46/h2-8,11,13-18,21,23-37,39-41H,9-10,12,19-20,22,38H2,1H3. The zero-order chi connectivity index (χ0) is 42.4. The van der Waals surface area contributed by atoms with Crippen molar-refractivity contribution >= 4 is 45.2 Å². The largest absolute Gasteiger partial charge is 0.310 e. The Balaban J connectivity index is 0.956. The van der Waals surface area contributed by atoms with Crippen LogP contribution in [-0.2, 0) is 11.8 Å². The van der Waals surface area contributed by atoms with Gasteiger partial charge in [0.2, 0.25) is 0 Å². The van der Waals surface area contributed by atoms with E-state index in [-0.39, 0.29) is 5.41 Å². The monoisotopic (exact) mass is 822 g/mol. The SMILES string of the molecule is CC1C=CC2=C(C1)c1ccc(N(c3ccc(-c4ccccc4)cc3)c3ccc(-c4ccc5c(c4)c4c(n5-c5ccccc5)C=CCC4)cc3)cc1C21C2=C(CCCC2)c2ccccc21. The van der Waals surface area contributed by atoms with E-state index in [1.807, 2.05) is 0 Å². The fourth-order valence-electron chi connectivity index (χ4n) is 12.3. The van der Waals surface area contributed by atoms with Gasteiger partial charge in [0.25, 0.3) is 0 Å². The van der Waals surface area contributed by atoms with Gasteiger partial charge in [0, 0.05) is 33.8 Å². The number of nitrogens with zero attached hydrogens (tertiary/aromatic N) is 2. The van der Waals surface area contributed by atoms with Crippen LogP contribution >= 0.6 is 0 Å². The third kappa shape index (κ3) is 5.58. The molecule has 1 spiro atoms. The van der Waals surface area contributed by atoms with E-state index in [0.29, 0.717) is 5.92 Å². The smallest absolute Gasteiger partial charge is 0.0682 e. The fraction of sp³-hybridized carbons (Fsp3) is 0.161. The van der Waals surface area contributed by atoms with Gasteiger partial charge in [-0.15, -0.1) is 0 Å². The lowest BCUT2D eigenvalue weighted by molar-refractivity contribution is 0.635. The predicted molar refractivity (Wildman–Crippen MR) is 269 cm³/mol. The van der Waals surface area contributed by atoms with Crippen LogP contribution in [0.4, 0.5) is 17.1 Å². The summed E-state index contributed by atoms with van der Waals surface area (Å²) in [5, 5.41) is 1.35. The second-order valence-corrected chi connectivity index (χ2v) is 18.6. The quantitative estimate of drug-likeness (QED) is 0.162. The van der Waals surface area contributed by atoms with Gasteiger partial charge >= 0.3 is 0 Å². The fourth-order valence-corrected chi connectivity index (χ4v) is 12.3. The van der Waals surface area contributed by atoms with E-state index >= 15 is 0 Å². The predicted octanol–water partition coefficient (Wildman–Crippen LogP) is 16.4. The molecule has 0 saturated carbocycles. The summed E-state index contributed by atoms with van der Waals surface area (Å²) >= 11 is 0. The number of anilines is 3. The van der Waals surface area contributed by atoms with Gasteiger partial charge in [-0.25, -0.2) is 0 Å². The number of fused-ring (bicyclic) bond motifs is 11. The Morgan fingerprint density at radius 1 is 0.547 bits per heavy atom. The highest BCUT2D eigenvalue weighted by Gasteiger charge is 2.54. The van der Waals surface area contributed by atoms with Gasteiger partial charge in [-0.2, -0.15) is 0 Å². The Morgan fingerprint density at radius 3 is 2.00 bits per heavy atom. The van der Waals surface area contributed by atoms with Gasteiger partial charge in [0.15, 0.2) is 0 Å². The van der Waals surface area contributed by atoms with Crippen molar-refractivity contribution in [2.75, 3.05) is 4.90 Å². The van der Waals surface area contributed by atoms with E-state index in [0.717, 1.165) is 37.1 Å². The first-order valence-electron chi connectivity index (χ1n) is 23.5. The Morgan fingerprint density at radius 2 is 1.20 bits per heavy atom. The summed E-state index contributed by atoms with van der Waals surface area (Å²) in [4.78, 5) is 2.49. The zero-order valence-corrected chi connectivity index (χ0v) is 36.4. The lowest BCUT2D eigenvalue weighted by Crippen LogP contribution is -2.29. The topological polar surface area (TPSA) is 8.17 Å². The first-order chi connectivity index (χ1) is 31.6. The van der Waals surface area contributed by atoms with Gasteiger partial charge in [0.1, 0.15) is 0 Å². The normalized spacial score (nSPS) is 19.2. The molecule has 308 valence electrons. The summed E-state index contributed by atoms with van der Waals surface area (Å²) in [5.41, 5.74) is 25.6. The molecule has 1 aromatic heterocycles. The molecule has 13 rings (SSSR count). The van der Waals surface area contributed by atoms with E-state index < -0.39 is 0 Å². The molecule has 64 heavy (non-hydrogen) atoms. The summed E-state index contributed by atoms with van der Waals surface area (Å²) in [6.07, 6.45) is 17.7. The number of aromatic nitrogens is 1. The van der Waals surface area contributed by atoms with Crippen LogP contribution in [0.5, 0.6) is 0 Å². The zero-order valence-electron chi connectivity index (χ0n) is 36.4. The minimum Gasteiger partial charge on any atom is -0.310 e. The van der Waals surface area contributed by atoms with Gasteiger partial charge in [-0.1, -0.05) is 134 Å². The summed E-state index contributed by atoms with van der Waals surface area (Å²) in [5.74, 6) is 0.516. The van der Waals surface area contributed by atoms with Gasteiger partial charge in [-0.05, 0) is 190 Å². The third-order valence-electron chi connectivity index (χ3n) is 15.1. The number of rotatable bonds is 6. The van der Waals surface area contributed by atoms with Crippen molar-refractivity contribution in [3.63, 3.8) is 0 Å². The molecule has 2 unspecified atom stereocenters. The average Bonchev–Trinajstić information content (AvgIpc) is 3.96. The minimum atomic E-state index is -0.247. The summed E-state index contributed by atoms with van der Waals surface area (Å²) in [6, 6.07) is 64.0. The molecule has 2 atom stereocenters. The highest BCUT2D eigenvalue weighted by atomic mass is 15.1. The summed E-state index contributed by atoms with van der Waals surface area (Å²) < 4.78 is 2.44. The van der Waals surface area contributed by atoms with Gasteiger partial charge < -0.3 is 9.47 Å². The van der Waals surface area contributed by atoms with E-state index in [1.54, 1.807) is 16.7 Å². The number of hydrogen-bond acceptors (Lipinski definition) is 1. The Kier molecular flexibility index (Phi) is 8.60. The maximum atomic E-state index is 2.58.